The maximum atomic E-state index is 11.0. The van der Waals surface area contributed by atoms with E-state index in [-0.39, 0.29) is 0 Å². The molecule has 5 aromatic rings. The molecule has 2 nitrogen and oxygen atoms in total. The van der Waals surface area contributed by atoms with Gasteiger partial charge in [-0.15, -0.1) is 0 Å². The number of rotatable bonds is 7. The van der Waals surface area contributed by atoms with Gasteiger partial charge in [0.15, 0.2) is 0 Å². The molecule has 1 N–H and O–H groups in total. The molecule has 1 unspecified atom stereocenters. The zero-order chi connectivity index (χ0) is 21.8. The van der Waals surface area contributed by atoms with Crippen LogP contribution in [0.25, 0.3) is 21.5 Å². The van der Waals surface area contributed by atoms with Crippen LogP contribution in [0.2, 0.25) is 0 Å². The number of hydrogen-bond acceptors (Lipinski definition) is 2. The van der Waals surface area contributed by atoms with Gasteiger partial charge in [0, 0.05) is 19.6 Å². The molecule has 0 aliphatic rings. The van der Waals surface area contributed by atoms with E-state index < -0.39 is 6.10 Å². The minimum absolute atomic E-state index is 0.536. The van der Waals surface area contributed by atoms with E-state index in [1.54, 1.807) is 0 Å². The van der Waals surface area contributed by atoms with Crippen molar-refractivity contribution in [1.82, 2.24) is 4.90 Å². The Morgan fingerprint density at radius 2 is 1.19 bits per heavy atom. The van der Waals surface area contributed by atoms with Crippen LogP contribution in [0.15, 0.2) is 115 Å². The van der Waals surface area contributed by atoms with Crippen LogP contribution in [0, 0.1) is 0 Å². The zero-order valence-corrected chi connectivity index (χ0v) is 18.1. The van der Waals surface area contributed by atoms with E-state index in [0.717, 1.165) is 18.7 Å². The Labute approximate surface area is 189 Å². The third kappa shape index (κ3) is 4.43. The first kappa shape index (κ1) is 20.4. The van der Waals surface area contributed by atoms with Crippen molar-refractivity contribution < 1.29 is 5.11 Å². The van der Waals surface area contributed by atoms with Crippen molar-refractivity contribution in [2.75, 3.05) is 6.54 Å². The van der Waals surface area contributed by atoms with Gasteiger partial charge in [-0.05, 0) is 44.3 Å². The van der Waals surface area contributed by atoms with Crippen LogP contribution in [0.5, 0.6) is 0 Å². The molecule has 5 rings (SSSR count). The predicted molar refractivity (Wildman–Crippen MR) is 133 cm³/mol. The van der Waals surface area contributed by atoms with Gasteiger partial charge in [0.25, 0.3) is 0 Å². The van der Waals surface area contributed by atoms with Gasteiger partial charge in [0.1, 0.15) is 0 Å². The summed E-state index contributed by atoms with van der Waals surface area (Å²) in [6, 6.07) is 40.0. The SMILES string of the molecule is OC(CN(Cc1ccccc1)Cc1cc2ccccc2c2ccccc12)c1ccccc1. The molecule has 1 atom stereocenters. The molecule has 0 fully saturated rings. The van der Waals surface area contributed by atoms with Crippen LogP contribution < -0.4 is 0 Å². The molecule has 158 valence electrons. The molecule has 0 bridgehead atoms. The predicted octanol–water partition coefficient (Wildman–Crippen LogP) is 6.73. The van der Waals surface area contributed by atoms with Crippen LogP contribution in [-0.2, 0) is 13.1 Å². The van der Waals surface area contributed by atoms with Crippen molar-refractivity contribution in [3.05, 3.63) is 132 Å². The molecule has 0 amide bonds. The fourth-order valence-corrected chi connectivity index (χ4v) is 4.56. The summed E-state index contributed by atoms with van der Waals surface area (Å²) in [6.45, 7) is 2.12. The normalized spacial score (nSPS) is 12.4. The van der Waals surface area contributed by atoms with Crippen molar-refractivity contribution in [3.63, 3.8) is 0 Å². The first-order valence-corrected chi connectivity index (χ1v) is 11.2. The summed E-state index contributed by atoms with van der Waals surface area (Å²) >= 11 is 0. The molecule has 0 aliphatic carbocycles. The van der Waals surface area contributed by atoms with E-state index in [4.69, 9.17) is 0 Å². The number of fused-ring (bicyclic) bond motifs is 3. The van der Waals surface area contributed by atoms with Gasteiger partial charge in [0.05, 0.1) is 6.10 Å². The van der Waals surface area contributed by atoms with E-state index in [1.165, 1.54) is 32.7 Å². The molecular weight excluding hydrogens is 390 g/mol. The topological polar surface area (TPSA) is 23.5 Å². The van der Waals surface area contributed by atoms with Gasteiger partial charge in [-0.1, -0.05) is 109 Å². The van der Waals surface area contributed by atoms with Crippen LogP contribution in [0.3, 0.4) is 0 Å². The summed E-state index contributed by atoms with van der Waals surface area (Å²) in [7, 11) is 0. The van der Waals surface area contributed by atoms with E-state index in [1.807, 2.05) is 36.4 Å². The average molecular weight is 418 g/mol. The highest BCUT2D eigenvalue weighted by atomic mass is 16.3. The van der Waals surface area contributed by atoms with E-state index in [9.17, 15) is 5.11 Å². The van der Waals surface area contributed by atoms with Gasteiger partial charge in [0.2, 0.25) is 0 Å². The number of benzene rings is 5. The van der Waals surface area contributed by atoms with Gasteiger partial charge < -0.3 is 5.11 Å². The maximum Gasteiger partial charge on any atom is 0.0917 e. The van der Waals surface area contributed by atoms with Gasteiger partial charge in [-0.25, -0.2) is 0 Å². The number of aliphatic hydroxyl groups excluding tert-OH is 1. The third-order valence-corrected chi connectivity index (χ3v) is 6.11. The summed E-state index contributed by atoms with van der Waals surface area (Å²) in [6.07, 6.45) is -0.536. The van der Waals surface area contributed by atoms with Crippen molar-refractivity contribution in [2.45, 2.75) is 19.2 Å². The molecule has 5 aromatic carbocycles. The molecular formula is C30H27NO. The first-order chi connectivity index (χ1) is 15.8. The van der Waals surface area contributed by atoms with Crippen molar-refractivity contribution in [1.29, 1.82) is 0 Å². The number of aliphatic hydroxyl groups is 1. The quantitative estimate of drug-likeness (QED) is 0.297. The molecule has 0 heterocycles. The lowest BCUT2D eigenvalue weighted by molar-refractivity contribution is 0.105. The van der Waals surface area contributed by atoms with Crippen molar-refractivity contribution >= 4 is 21.5 Å². The van der Waals surface area contributed by atoms with Crippen LogP contribution in [0.4, 0.5) is 0 Å². The minimum atomic E-state index is -0.536. The minimum Gasteiger partial charge on any atom is -0.387 e. The molecule has 0 aliphatic heterocycles. The lowest BCUT2D eigenvalue weighted by atomic mass is 9.96. The summed E-state index contributed by atoms with van der Waals surface area (Å²) in [4.78, 5) is 2.35. The lowest BCUT2D eigenvalue weighted by Crippen LogP contribution is -2.28. The fourth-order valence-electron chi connectivity index (χ4n) is 4.56. The van der Waals surface area contributed by atoms with E-state index in [2.05, 4.69) is 83.8 Å². The second kappa shape index (κ2) is 9.35. The summed E-state index contributed by atoms with van der Waals surface area (Å²) < 4.78 is 0. The van der Waals surface area contributed by atoms with Crippen LogP contribution >= 0.6 is 0 Å². The molecule has 2 heteroatoms. The largest absolute Gasteiger partial charge is 0.387 e. The Balaban J connectivity index is 1.52. The Kier molecular flexibility index (Phi) is 5.98. The third-order valence-electron chi connectivity index (χ3n) is 6.11. The average Bonchev–Trinajstić information content (AvgIpc) is 2.85. The Morgan fingerprint density at radius 1 is 0.594 bits per heavy atom. The first-order valence-electron chi connectivity index (χ1n) is 11.2. The Morgan fingerprint density at radius 3 is 1.94 bits per heavy atom. The van der Waals surface area contributed by atoms with Gasteiger partial charge >= 0.3 is 0 Å². The van der Waals surface area contributed by atoms with Crippen LogP contribution in [-0.4, -0.2) is 16.6 Å². The van der Waals surface area contributed by atoms with E-state index >= 15 is 0 Å². The number of nitrogens with zero attached hydrogens (tertiary/aromatic N) is 1. The van der Waals surface area contributed by atoms with E-state index in [0.29, 0.717) is 6.54 Å². The lowest BCUT2D eigenvalue weighted by Gasteiger charge is -2.26. The summed E-state index contributed by atoms with van der Waals surface area (Å²) in [5.41, 5.74) is 3.49. The second-order valence-electron chi connectivity index (χ2n) is 8.38. The summed E-state index contributed by atoms with van der Waals surface area (Å²) in [5.74, 6) is 0. The fraction of sp³-hybridized carbons (Fsp3) is 0.133. The van der Waals surface area contributed by atoms with Crippen LogP contribution in [0.1, 0.15) is 22.8 Å². The van der Waals surface area contributed by atoms with Gasteiger partial charge in [-0.2, -0.15) is 0 Å². The molecule has 0 spiro atoms. The molecule has 0 aromatic heterocycles. The molecule has 32 heavy (non-hydrogen) atoms. The van der Waals surface area contributed by atoms with Crippen molar-refractivity contribution in [2.24, 2.45) is 0 Å². The second-order valence-corrected chi connectivity index (χ2v) is 8.38. The Hall–Kier alpha value is -3.46. The monoisotopic (exact) mass is 417 g/mol. The molecule has 0 saturated carbocycles. The highest BCUT2D eigenvalue weighted by Crippen LogP contribution is 2.30. The highest BCUT2D eigenvalue weighted by Gasteiger charge is 2.16. The molecule has 0 saturated heterocycles. The maximum absolute atomic E-state index is 11.0. The van der Waals surface area contributed by atoms with Crippen molar-refractivity contribution in [3.8, 4) is 0 Å². The number of hydrogen-bond donors (Lipinski definition) is 1. The summed E-state index contributed by atoms with van der Waals surface area (Å²) in [5, 5.41) is 16.1. The van der Waals surface area contributed by atoms with Gasteiger partial charge in [-0.3, -0.25) is 4.90 Å². The zero-order valence-electron chi connectivity index (χ0n) is 18.1. The molecule has 0 radical (unpaired) electrons. The Bertz CT molecular complexity index is 1310. The standard InChI is InChI=1S/C30H27NO/c32-30(24-13-5-2-6-14-24)22-31(20-23-11-3-1-4-12-23)21-26-19-25-15-7-8-16-27(25)29-18-10-9-17-28(26)29/h1-19,30,32H,20-22H2. The highest BCUT2D eigenvalue weighted by molar-refractivity contribution is 6.08. The smallest absolute Gasteiger partial charge is 0.0917 e.